The van der Waals surface area contributed by atoms with E-state index < -0.39 is 0 Å². The van der Waals surface area contributed by atoms with E-state index in [-0.39, 0.29) is 6.10 Å². The molecule has 118 valence electrons. The predicted molar refractivity (Wildman–Crippen MR) is 92.5 cm³/mol. The van der Waals surface area contributed by atoms with E-state index >= 15 is 0 Å². The predicted octanol–water partition coefficient (Wildman–Crippen LogP) is 6.08. The zero-order valence-electron chi connectivity index (χ0n) is 13.7. The first-order chi connectivity index (χ1) is 10.2. The van der Waals surface area contributed by atoms with Crippen molar-refractivity contribution in [1.29, 1.82) is 0 Å². The minimum absolute atomic E-state index is 0.369. The van der Waals surface area contributed by atoms with Gasteiger partial charge in [0.25, 0.3) is 0 Å². The number of hydrogen-bond acceptors (Lipinski definition) is 1. The molecule has 0 spiro atoms. The molecule has 0 N–H and O–H groups in total. The summed E-state index contributed by atoms with van der Waals surface area (Å²) in [5.74, 6) is 0. The Morgan fingerprint density at radius 3 is 2.29 bits per heavy atom. The van der Waals surface area contributed by atoms with Crippen LogP contribution < -0.4 is 0 Å². The maximum absolute atomic E-state index is 10.9. The van der Waals surface area contributed by atoms with E-state index in [9.17, 15) is 5.11 Å². The second-order valence-corrected chi connectivity index (χ2v) is 6.81. The third-order valence-corrected chi connectivity index (χ3v) is 4.60. The highest BCUT2D eigenvalue weighted by Gasteiger charge is 1.98. The molecule has 0 amide bonds. The van der Waals surface area contributed by atoms with Gasteiger partial charge in [0.2, 0.25) is 0 Å². The molecule has 2 heteroatoms. The minimum Gasteiger partial charge on any atom is -0.233 e. The molecule has 0 aliphatic heterocycles. The molecule has 0 aliphatic rings. The van der Waals surface area contributed by atoms with Gasteiger partial charge in [-0.05, 0) is 56.2 Å². The van der Waals surface area contributed by atoms with Crippen LogP contribution in [0.4, 0.5) is 0 Å². The van der Waals surface area contributed by atoms with Crippen molar-refractivity contribution in [2.24, 2.45) is 0 Å². The average molecular weight is 307 g/mol. The van der Waals surface area contributed by atoms with Crippen LogP contribution in [0.15, 0.2) is 23.1 Å². The number of thioether (sulfide) groups is 1. The lowest BCUT2D eigenvalue weighted by Crippen LogP contribution is -1.96. The summed E-state index contributed by atoms with van der Waals surface area (Å²) in [7, 11) is 0. The number of unbranched alkanes of at least 4 members (excludes halogenated alkanes) is 7. The average Bonchev–Trinajstić information content (AvgIpc) is 2.49. The number of rotatable bonds is 12. The van der Waals surface area contributed by atoms with Gasteiger partial charge in [0.1, 0.15) is 0 Å². The summed E-state index contributed by atoms with van der Waals surface area (Å²) in [4.78, 5) is 1.34. The van der Waals surface area contributed by atoms with Gasteiger partial charge in [-0.1, -0.05) is 51.0 Å². The van der Waals surface area contributed by atoms with Crippen molar-refractivity contribution in [3.63, 3.8) is 0 Å². The van der Waals surface area contributed by atoms with E-state index in [0.717, 1.165) is 19.3 Å². The molecule has 1 nitrogen and oxygen atoms in total. The van der Waals surface area contributed by atoms with Crippen molar-refractivity contribution < 1.29 is 5.11 Å². The maximum Gasteiger partial charge on any atom is 0.0902 e. The molecule has 1 rings (SSSR count). The highest BCUT2D eigenvalue weighted by Crippen LogP contribution is 2.17. The SMILES string of the molecule is CSc1cc[c]c(CCCCCCCCCCC(C)[O])c1. The maximum atomic E-state index is 10.9. The van der Waals surface area contributed by atoms with Crippen LogP contribution in [0.3, 0.4) is 0 Å². The van der Waals surface area contributed by atoms with E-state index in [1.165, 1.54) is 55.4 Å². The van der Waals surface area contributed by atoms with Crippen molar-refractivity contribution in [2.45, 2.75) is 82.1 Å². The summed E-state index contributed by atoms with van der Waals surface area (Å²) in [5.41, 5.74) is 1.36. The summed E-state index contributed by atoms with van der Waals surface area (Å²) in [6.07, 6.45) is 14.1. The molecule has 2 radical (unpaired) electrons. The van der Waals surface area contributed by atoms with Crippen LogP contribution >= 0.6 is 11.8 Å². The van der Waals surface area contributed by atoms with E-state index in [0.29, 0.717) is 0 Å². The van der Waals surface area contributed by atoms with Gasteiger partial charge in [-0.15, -0.1) is 11.8 Å². The summed E-state index contributed by atoms with van der Waals surface area (Å²) < 4.78 is 0. The molecule has 0 fully saturated rings. The highest BCUT2D eigenvalue weighted by molar-refractivity contribution is 7.98. The molecule has 0 saturated carbocycles. The quantitative estimate of drug-likeness (QED) is 0.338. The van der Waals surface area contributed by atoms with E-state index in [4.69, 9.17) is 0 Å². The monoisotopic (exact) mass is 306 g/mol. The fraction of sp³-hybridized carbons (Fsp3) is 0.684. The van der Waals surface area contributed by atoms with Gasteiger partial charge in [0.15, 0.2) is 0 Å². The first-order valence-corrected chi connectivity index (χ1v) is 9.65. The van der Waals surface area contributed by atoms with Crippen LogP contribution in [-0.4, -0.2) is 12.4 Å². The van der Waals surface area contributed by atoms with Crippen LogP contribution in [0.25, 0.3) is 0 Å². The Bertz CT molecular complexity index is 362. The molecule has 0 aromatic heterocycles. The normalized spacial score (nSPS) is 12.5. The Labute approximate surface area is 135 Å². The van der Waals surface area contributed by atoms with E-state index in [1.54, 1.807) is 18.7 Å². The summed E-state index contributed by atoms with van der Waals surface area (Å²) in [6, 6.07) is 9.78. The van der Waals surface area contributed by atoms with Gasteiger partial charge >= 0.3 is 0 Å². The smallest absolute Gasteiger partial charge is 0.0902 e. The molecular weight excluding hydrogens is 276 g/mol. The lowest BCUT2D eigenvalue weighted by Gasteiger charge is -2.04. The topological polar surface area (TPSA) is 19.9 Å². The molecule has 1 unspecified atom stereocenters. The first-order valence-electron chi connectivity index (χ1n) is 8.43. The van der Waals surface area contributed by atoms with Gasteiger partial charge in [-0.2, -0.15) is 0 Å². The minimum atomic E-state index is -0.369. The second-order valence-electron chi connectivity index (χ2n) is 5.93. The third kappa shape index (κ3) is 9.97. The molecule has 0 saturated heterocycles. The summed E-state index contributed by atoms with van der Waals surface area (Å²) in [5, 5.41) is 10.9. The van der Waals surface area contributed by atoms with E-state index in [2.05, 4.69) is 24.5 Å². The highest BCUT2D eigenvalue weighted by atomic mass is 32.2. The fourth-order valence-corrected chi connectivity index (χ4v) is 3.04. The number of aryl methyl sites for hydroxylation is 1. The van der Waals surface area contributed by atoms with Gasteiger partial charge in [0, 0.05) is 4.90 Å². The van der Waals surface area contributed by atoms with Crippen molar-refractivity contribution in [3.8, 4) is 0 Å². The summed E-state index contributed by atoms with van der Waals surface area (Å²) >= 11 is 1.80. The van der Waals surface area contributed by atoms with Crippen LogP contribution in [0.5, 0.6) is 0 Å². The number of benzene rings is 1. The lowest BCUT2D eigenvalue weighted by atomic mass is 10.0. The Kier molecular flexibility index (Phi) is 10.7. The molecular formula is C19H30OS. The van der Waals surface area contributed by atoms with Gasteiger partial charge in [-0.3, -0.25) is 0 Å². The van der Waals surface area contributed by atoms with Crippen LogP contribution in [-0.2, 0) is 11.5 Å². The van der Waals surface area contributed by atoms with Gasteiger partial charge < -0.3 is 0 Å². The standard InChI is InChI=1S/C19H30OS/c1-17(20)12-9-7-5-3-4-6-8-10-13-18-14-11-15-19(16-18)21-2/h11,15-17H,3-10,12-13H2,1-2H3. The Balaban J connectivity index is 1.92. The zero-order chi connectivity index (χ0) is 15.3. The molecule has 1 atom stereocenters. The van der Waals surface area contributed by atoms with E-state index in [1.807, 2.05) is 6.07 Å². The second kappa shape index (κ2) is 12.1. The van der Waals surface area contributed by atoms with Gasteiger partial charge in [0.05, 0.1) is 6.10 Å². The van der Waals surface area contributed by atoms with Crippen molar-refractivity contribution >= 4 is 11.8 Å². The Morgan fingerprint density at radius 1 is 1.05 bits per heavy atom. The van der Waals surface area contributed by atoms with Crippen molar-refractivity contribution in [1.82, 2.24) is 0 Å². The van der Waals surface area contributed by atoms with Crippen molar-refractivity contribution in [2.75, 3.05) is 6.26 Å². The third-order valence-electron chi connectivity index (χ3n) is 3.88. The van der Waals surface area contributed by atoms with Crippen LogP contribution in [0, 0.1) is 6.07 Å². The fourth-order valence-electron chi connectivity index (χ4n) is 2.57. The molecule has 0 aliphatic carbocycles. The lowest BCUT2D eigenvalue weighted by molar-refractivity contribution is 0.0950. The summed E-state index contributed by atoms with van der Waals surface area (Å²) in [6.45, 7) is 1.77. The largest absolute Gasteiger partial charge is 0.233 e. The van der Waals surface area contributed by atoms with Crippen LogP contribution in [0.1, 0.15) is 70.3 Å². The molecule has 1 aromatic rings. The molecule has 0 bridgehead atoms. The molecule has 0 heterocycles. The Morgan fingerprint density at radius 2 is 1.67 bits per heavy atom. The molecule has 1 aromatic carbocycles. The number of hydrogen-bond donors (Lipinski definition) is 0. The molecule has 21 heavy (non-hydrogen) atoms. The first kappa shape index (κ1) is 18.6. The Hall–Kier alpha value is -0.470. The van der Waals surface area contributed by atoms with Gasteiger partial charge in [-0.25, -0.2) is 5.11 Å². The van der Waals surface area contributed by atoms with Crippen molar-refractivity contribution in [3.05, 3.63) is 29.8 Å². The van der Waals surface area contributed by atoms with Crippen LogP contribution in [0.2, 0.25) is 0 Å². The zero-order valence-corrected chi connectivity index (χ0v) is 14.5.